The van der Waals surface area contributed by atoms with Crippen LogP contribution < -0.4 is 5.32 Å². The summed E-state index contributed by atoms with van der Waals surface area (Å²) in [4.78, 5) is 23.2. The van der Waals surface area contributed by atoms with Gasteiger partial charge in [-0.25, -0.2) is 4.79 Å². The van der Waals surface area contributed by atoms with Crippen molar-refractivity contribution in [3.8, 4) is 0 Å². The number of nitrogens with one attached hydrogen (secondary N) is 1. The molecule has 2 rings (SSSR count). The SMILES string of the molecule is Cc1cccc(C(=O)O)c1NC(=O)CCc1ccccc1. The van der Waals surface area contributed by atoms with Crippen molar-refractivity contribution in [2.45, 2.75) is 19.8 Å². The number of carboxylic acids is 1. The molecule has 4 nitrogen and oxygen atoms in total. The fraction of sp³-hybridized carbons (Fsp3) is 0.176. The molecule has 0 aliphatic heterocycles. The molecule has 0 aliphatic carbocycles. The van der Waals surface area contributed by atoms with Gasteiger partial charge in [0, 0.05) is 6.42 Å². The first kappa shape index (κ1) is 14.8. The molecule has 0 spiro atoms. The first-order valence-electron chi connectivity index (χ1n) is 6.74. The fourth-order valence-corrected chi connectivity index (χ4v) is 2.12. The van der Waals surface area contributed by atoms with Gasteiger partial charge in [0.2, 0.25) is 5.91 Å². The van der Waals surface area contributed by atoms with Crippen LogP contribution in [0.3, 0.4) is 0 Å². The van der Waals surface area contributed by atoms with E-state index in [9.17, 15) is 9.59 Å². The van der Waals surface area contributed by atoms with Gasteiger partial charge in [-0.3, -0.25) is 4.79 Å². The van der Waals surface area contributed by atoms with Crippen molar-refractivity contribution in [1.29, 1.82) is 0 Å². The second-order valence-corrected chi connectivity index (χ2v) is 4.84. The molecule has 0 aromatic heterocycles. The molecule has 21 heavy (non-hydrogen) atoms. The van der Waals surface area contributed by atoms with Crippen molar-refractivity contribution in [3.63, 3.8) is 0 Å². The molecule has 0 atom stereocenters. The largest absolute Gasteiger partial charge is 0.478 e. The predicted octanol–water partition coefficient (Wildman–Crippen LogP) is 3.26. The monoisotopic (exact) mass is 283 g/mol. The smallest absolute Gasteiger partial charge is 0.337 e. The van der Waals surface area contributed by atoms with E-state index >= 15 is 0 Å². The van der Waals surface area contributed by atoms with Gasteiger partial charge in [-0.05, 0) is 30.5 Å². The molecule has 0 heterocycles. The average molecular weight is 283 g/mol. The Balaban J connectivity index is 2.05. The van der Waals surface area contributed by atoms with Gasteiger partial charge in [-0.15, -0.1) is 0 Å². The summed E-state index contributed by atoms with van der Waals surface area (Å²) in [5, 5.41) is 11.9. The molecular weight excluding hydrogens is 266 g/mol. The third-order valence-corrected chi connectivity index (χ3v) is 3.25. The van der Waals surface area contributed by atoms with Crippen LogP contribution in [0, 0.1) is 6.92 Å². The maximum Gasteiger partial charge on any atom is 0.337 e. The Labute approximate surface area is 123 Å². The standard InChI is InChI=1S/C17H17NO3/c1-12-6-5-9-14(17(20)21)16(12)18-15(19)11-10-13-7-3-2-4-8-13/h2-9H,10-11H2,1H3,(H,18,19)(H,20,21). The van der Waals surface area contributed by atoms with E-state index in [1.54, 1.807) is 19.1 Å². The van der Waals surface area contributed by atoms with Crippen LogP contribution in [0.1, 0.15) is 27.9 Å². The minimum absolute atomic E-state index is 0.114. The molecule has 4 heteroatoms. The third-order valence-electron chi connectivity index (χ3n) is 3.25. The number of rotatable bonds is 5. The van der Waals surface area contributed by atoms with Gasteiger partial charge >= 0.3 is 5.97 Å². The molecule has 1 amide bonds. The summed E-state index contributed by atoms with van der Waals surface area (Å²) in [5.74, 6) is -1.23. The average Bonchev–Trinajstić information content (AvgIpc) is 2.48. The van der Waals surface area contributed by atoms with Gasteiger partial charge < -0.3 is 10.4 Å². The maximum absolute atomic E-state index is 12.0. The van der Waals surface area contributed by atoms with Crippen LogP contribution in [0.15, 0.2) is 48.5 Å². The van der Waals surface area contributed by atoms with Crippen LogP contribution in [0.5, 0.6) is 0 Å². The number of amides is 1. The molecule has 108 valence electrons. The zero-order chi connectivity index (χ0) is 15.2. The second-order valence-electron chi connectivity index (χ2n) is 4.84. The zero-order valence-corrected chi connectivity index (χ0v) is 11.8. The molecule has 0 aliphatic rings. The third kappa shape index (κ3) is 3.92. The highest BCUT2D eigenvalue weighted by Gasteiger charge is 2.14. The number of carboxylic acid groups (broad SMARTS) is 1. The number of aryl methyl sites for hydroxylation is 2. The van der Waals surface area contributed by atoms with E-state index < -0.39 is 5.97 Å². The number of para-hydroxylation sites is 1. The lowest BCUT2D eigenvalue weighted by molar-refractivity contribution is -0.116. The molecule has 2 aromatic rings. The van der Waals surface area contributed by atoms with Crippen molar-refractivity contribution < 1.29 is 14.7 Å². The lowest BCUT2D eigenvalue weighted by Gasteiger charge is -2.11. The molecule has 0 saturated heterocycles. The minimum Gasteiger partial charge on any atom is -0.478 e. The summed E-state index contributed by atoms with van der Waals surface area (Å²) in [5.41, 5.74) is 2.31. The molecule has 0 radical (unpaired) electrons. The fourth-order valence-electron chi connectivity index (χ4n) is 2.12. The second kappa shape index (κ2) is 6.70. The van der Waals surface area contributed by atoms with Crippen molar-refractivity contribution in [2.75, 3.05) is 5.32 Å². The van der Waals surface area contributed by atoms with Gasteiger partial charge in [-0.1, -0.05) is 42.5 Å². The summed E-state index contributed by atoms with van der Waals surface area (Å²) in [7, 11) is 0. The van der Waals surface area contributed by atoms with E-state index in [0.29, 0.717) is 18.5 Å². The normalized spacial score (nSPS) is 10.1. The van der Waals surface area contributed by atoms with Crippen LogP contribution in [-0.2, 0) is 11.2 Å². The number of hydrogen-bond acceptors (Lipinski definition) is 2. The van der Waals surface area contributed by atoms with Crippen LogP contribution in [0.2, 0.25) is 0 Å². The van der Waals surface area contributed by atoms with E-state index in [4.69, 9.17) is 5.11 Å². The first-order chi connectivity index (χ1) is 10.1. The number of carbonyl (C=O) groups excluding carboxylic acids is 1. The minimum atomic E-state index is -1.04. The highest BCUT2D eigenvalue weighted by Crippen LogP contribution is 2.21. The Morgan fingerprint density at radius 1 is 1.05 bits per heavy atom. The Hall–Kier alpha value is -2.62. The van der Waals surface area contributed by atoms with E-state index in [2.05, 4.69) is 5.32 Å². The van der Waals surface area contributed by atoms with E-state index in [0.717, 1.165) is 11.1 Å². The van der Waals surface area contributed by atoms with Crippen LogP contribution in [-0.4, -0.2) is 17.0 Å². The van der Waals surface area contributed by atoms with E-state index in [1.807, 2.05) is 30.3 Å². The highest BCUT2D eigenvalue weighted by molar-refractivity contribution is 6.01. The lowest BCUT2D eigenvalue weighted by Crippen LogP contribution is -2.16. The van der Waals surface area contributed by atoms with Crippen LogP contribution >= 0.6 is 0 Å². The lowest BCUT2D eigenvalue weighted by atomic mass is 10.1. The highest BCUT2D eigenvalue weighted by atomic mass is 16.4. The van der Waals surface area contributed by atoms with Crippen molar-refractivity contribution >= 4 is 17.6 Å². The topological polar surface area (TPSA) is 66.4 Å². The number of aromatic carboxylic acids is 1. The molecular formula is C17H17NO3. The number of anilines is 1. The van der Waals surface area contributed by atoms with Gasteiger partial charge in [0.05, 0.1) is 11.3 Å². The van der Waals surface area contributed by atoms with E-state index in [-0.39, 0.29) is 11.5 Å². The van der Waals surface area contributed by atoms with Crippen molar-refractivity contribution in [2.24, 2.45) is 0 Å². The van der Waals surface area contributed by atoms with Gasteiger partial charge in [0.25, 0.3) is 0 Å². The van der Waals surface area contributed by atoms with Crippen LogP contribution in [0.25, 0.3) is 0 Å². The number of carbonyl (C=O) groups is 2. The van der Waals surface area contributed by atoms with Gasteiger partial charge in [0.1, 0.15) is 0 Å². The zero-order valence-electron chi connectivity index (χ0n) is 11.8. The molecule has 2 aromatic carbocycles. The summed E-state index contributed by atoms with van der Waals surface area (Å²) >= 11 is 0. The molecule has 0 bridgehead atoms. The molecule has 0 saturated carbocycles. The van der Waals surface area contributed by atoms with Gasteiger partial charge in [-0.2, -0.15) is 0 Å². The first-order valence-corrected chi connectivity index (χ1v) is 6.74. The van der Waals surface area contributed by atoms with Gasteiger partial charge in [0.15, 0.2) is 0 Å². The summed E-state index contributed by atoms with van der Waals surface area (Å²) in [6.07, 6.45) is 0.943. The summed E-state index contributed by atoms with van der Waals surface area (Å²) < 4.78 is 0. The predicted molar refractivity (Wildman–Crippen MR) is 81.5 cm³/mol. The molecule has 0 fully saturated rings. The maximum atomic E-state index is 12.0. The molecule has 0 unspecified atom stereocenters. The Kier molecular flexibility index (Phi) is 4.72. The quantitative estimate of drug-likeness (QED) is 0.885. The number of benzene rings is 2. The summed E-state index contributed by atoms with van der Waals surface area (Å²) in [6, 6.07) is 14.6. The Bertz CT molecular complexity index is 650. The summed E-state index contributed by atoms with van der Waals surface area (Å²) in [6.45, 7) is 1.78. The Morgan fingerprint density at radius 2 is 1.76 bits per heavy atom. The Morgan fingerprint density at radius 3 is 2.43 bits per heavy atom. The number of hydrogen-bond donors (Lipinski definition) is 2. The van der Waals surface area contributed by atoms with E-state index in [1.165, 1.54) is 6.07 Å². The van der Waals surface area contributed by atoms with Crippen molar-refractivity contribution in [1.82, 2.24) is 0 Å². The molecule has 2 N–H and O–H groups in total. The van der Waals surface area contributed by atoms with Crippen molar-refractivity contribution in [3.05, 3.63) is 65.2 Å². The van der Waals surface area contributed by atoms with Crippen LogP contribution in [0.4, 0.5) is 5.69 Å².